The van der Waals surface area contributed by atoms with Gasteiger partial charge in [0.05, 0.1) is 19.9 Å². The van der Waals surface area contributed by atoms with Gasteiger partial charge in [-0.05, 0) is 24.3 Å². The Morgan fingerprint density at radius 1 is 1.10 bits per heavy atom. The third-order valence-electron chi connectivity index (χ3n) is 3.00. The third-order valence-corrected chi connectivity index (χ3v) is 3.35. The number of pyridine rings is 1. The first-order valence-electron chi connectivity index (χ1n) is 6.22. The summed E-state index contributed by atoms with van der Waals surface area (Å²) in [6.07, 6.45) is 1.81. The molecule has 2 heterocycles. The lowest BCUT2D eigenvalue weighted by atomic mass is 10.3. The van der Waals surface area contributed by atoms with Crippen LogP contribution in [0.15, 0.2) is 42.6 Å². The molecule has 0 fully saturated rings. The molecular weight excluding hydrogens is 292 g/mol. The summed E-state index contributed by atoms with van der Waals surface area (Å²) in [5, 5.41) is 4.31. The summed E-state index contributed by atoms with van der Waals surface area (Å²) in [7, 11) is 3.16. The van der Waals surface area contributed by atoms with Crippen LogP contribution in [0, 0.1) is 0 Å². The first-order chi connectivity index (χ1) is 10.2. The van der Waals surface area contributed by atoms with E-state index in [-0.39, 0.29) is 0 Å². The lowest BCUT2D eigenvalue weighted by Gasteiger charge is -2.14. The fraction of sp³-hybridized carbons (Fsp3) is 0.143. The Morgan fingerprint density at radius 2 is 1.90 bits per heavy atom. The van der Waals surface area contributed by atoms with Crippen LogP contribution in [0.3, 0.4) is 0 Å². The van der Waals surface area contributed by atoms with Gasteiger partial charge < -0.3 is 9.47 Å². The minimum Gasteiger partial charge on any atom is -0.493 e. The molecule has 0 aliphatic rings. The molecule has 0 atom stereocenters. The molecule has 108 valence electrons. The van der Waals surface area contributed by atoms with E-state index in [1.807, 2.05) is 24.4 Å². The summed E-state index contributed by atoms with van der Waals surface area (Å²) >= 11 is 6.33. The highest BCUT2D eigenvalue weighted by Gasteiger charge is 2.15. The van der Waals surface area contributed by atoms with Crippen molar-refractivity contribution in [3.05, 3.63) is 42.6 Å². The molecule has 0 spiro atoms. The molecule has 0 bridgehead atoms. The van der Waals surface area contributed by atoms with Crippen molar-refractivity contribution in [2.75, 3.05) is 18.6 Å². The summed E-state index contributed by atoms with van der Waals surface area (Å²) in [6.45, 7) is 0. The predicted molar refractivity (Wildman–Crippen MR) is 80.5 cm³/mol. The van der Waals surface area contributed by atoms with E-state index in [4.69, 9.17) is 21.3 Å². The van der Waals surface area contributed by atoms with E-state index in [0.717, 1.165) is 5.65 Å². The molecule has 3 aromatic rings. The topological polar surface area (TPSA) is 51.9 Å². The second-order valence-electron chi connectivity index (χ2n) is 4.24. The van der Waals surface area contributed by atoms with Gasteiger partial charge in [-0.2, -0.15) is 4.98 Å². The first-order valence-corrected chi connectivity index (χ1v) is 6.56. The molecule has 3 rings (SSSR count). The van der Waals surface area contributed by atoms with Crippen LogP contribution >= 0.6 is 11.8 Å². The Balaban J connectivity index is 1.99. The maximum absolute atomic E-state index is 6.33. The van der Waals surface area contributed by atoms with Gasteiger partial charge in [0.1, 0.15) is 0 Å². The zero-order chi connectivity index (χ0) is 14.8. The fourth-order valence-electron chi connectivity index (χ4n) is 1.97. The molecule has 0 radical (unpaired) electrons. The molecule has 21 heavy (non-hydrogen) atoms. The van der Waals surface area contributed by atoms with E-state index in [2.05, 4.69) is 10.1 Å². The zero-order valence-electron chi connectivity index (χ0n) is 11.5. The third kappa shape index (κ3) is 2.45. The Hall–Kier alpha value is -2.47. The molecule has 1 aromatic carbocycles. The summed E-state index contributed by atoms with van der Waals surface area (Å²) in [5.41, 5.74) is 1.41. The van der Waals surface area contributed by atoms with Crippen molar-refractivity contribution in [3.63, 3.8) is 0 Å². The van der Waals surface area contributed by atoms with E-state index in [0.29, 0.717) is 23.1 Å². The SMILES string of the molecule is COc1ccc(N(Cl)c2nc3ccccn3n2)cc1OC. The molecule has 2 aromatic heterocycles. The second-order valence-corrected chi connectivity index (χ2v) is 4.57. The largest absolute Gasteiger partial charge is 0.493 e. The highest BCUT2D eigenvalue weighted by molar-refractivity contribution is 6.28. The number of anilines is 2. The van der Waals surface area contributed by atoms with Gasteiger partial charge in [0.2, 0.25) is 0 Å². The number of fused-ring (bicyclic) bond motifs is 1. The van der Waals surface area contributed by atoms with Crippen LogP contribution in [0.2, 0.25) is 0 Å². The van der Waals surface area contributed by atoms with E-state index in [1.54, 1.807) is 36.9 Å². The minimum absolute atomic E-state index is 0.384. The molecular formula is C14H13ClN4O2. The quantitative estimate of drug-likeness (QED) is 0.693. The van der Waals surface area contributed by atoms with Crippen molar-refractivity contribution in [2.45, 2.75) is 0 Å². The number of ether oxygens (including phenoxy) is 2. The molecule has 0 aliphatic carbocycles. The monoisotopic (exact) mass is 304 g/mol. The summed E-state index contributed by atoms with van der Waals surface area (Å²) in [5.74, 6) is 1.61. The highest BCUT2D eigenvalue weighted by Crippen LogP contribution is 2.34. The lowest BCUT2D eigenvalue weighted by Crippen LogP contribution is -2.04. The Bertz CT molecular complexity index is 742. The van der Waals surface area contributed by atoms with Gasteiger partial charge in [-0.15, -0.1) is 5.10 Å². The summed E-state index contributed by atoms with van der Waals surface area (Å²) in [4.78, 5) is 4.36. The van der Waals surface area contributed by atoms with Gasteiger partial charge >= 0.3 is 0 Å². The number of benzene rings is 1. The summed E-state index contributed by atoms with van der Waals surface area (Å²) in [6, 6.07) is 11.0. The van der Waals surface area contributed by atoms with Gasteiger partial charge in [0, 0.05) is 24.0 Å². The minimum atomic E-state index is 0.384. The van der Waals surface area contributed by atoms with Crippen LogP contribution in [0.5, 0.6) is 11.5 Å². The molecule has 6 nitrogen and oxygen atoms in total. The van der Waals surface area contributed by atoms with Gasteiger partial charge in [-0.3, -0.25) is 0 Å². The van der Waals surface area contributed by atoms with Crippen molar-refractivity contribution >= 4 is 29.1 Å². The number of halogens is 1. The van der Waals surface area contributed by atoms with E-state index in [9.17, 15) is 0 Å². The highest BCUT2D eigenvalue weighted by atomic mass is 35.5. The van der Waals surface area contributed by atoms with Crippen LogP contribution in [0.25, 0.3) is 5.65 Å². The van der Waals surface area contributed by atoms with E-state index < -0.39 is 0 Å². The van der Waals surface area contributed by atoms with Gasteiger partial charge in [0.25, 0.3) is 5.95 Å². The fourth-order valence-corrected chi connectivity index (χ4v) is 2.14. The normalized spacial score (nSPS) is 10.6. The molecule has 7 heteroatoms. The smallest absolute Gasteiger partial charge is 0.265 e. The number of hydrogen-bond acceptors (Lipinski definition) is 5. The Morgan fingerprint density at radius 3 is 2.62 bits per heavy atom. The average Bonchev–Trinajstić information content (AvgIpc) is 2.97. The van der Waals surface area contributed by atoms with Gasteiger partial charge in [-0.1, -0.05) is 6.07 Å². The van der Waals surface area contributed by atoms with Gasteiger partial charge in [-0.25, -0.2) is 8.93 Å². The summed E-state index contributed by atoms with van der Waals surface area (Å²) < 4.78 is 13.5. The van der Waals surface area contributed by atoms with Crippen molar-refractivity contribution in [3.8, 4) is 11.5 Å². The standard InChI is InChI=1S/C14H13ClN4O2/c1-20-11-7-6-10(9-12(11)21-2)19(15)14-16-13-5-3-4-8-18(13)17-14/h3-9H,1-2H3. The number of aromatic nitrogens is 3. The van der Waals surface area contributed by atoms with Crippen LogP contribution in [-0.2, 0) is 0 Å². The number of methoxy groups -OCH3 is 2. The zero-order valence-corrected chi connectivity index (χ0v) is 12.3. The van der Waals surface area contributed by atoms with Crippen molar-refractivity contribution in [1.29, 1.82) is 0 Å². The molecule has 0 saturated carbocycles. The Kier molecular flexibility index (Phi) is 3.53. The number of nitrogens with zero attached hydrogens (tertiary/aromatic N) is 4. The molecule has 0 aliphatic heterocycles. The van der Waals surface area contributed by atoms with Crippen LogP contribution in [0.1, 0.15) is 0 Å². The maximum Gasteiger partial charge on any atom is 0.265 e. The molecule has 0 unspecified atom stereocenters. The average molecular weight is 305 g/mol. The van der Waals surface area contributed by atoms with E-state index in [1.165, 1.54) is 4.42 Å². The molecule has 0 saturated heterocycles. The number of rotatable bonds is 4. The maximum atomic E-state index is 6.33. The first kappa shape index (κ1) is 13.5. The van der Waals surface area contributed by atoms with Gasteiger partial charge in [0.15, 0.2) is 17.1 Å². The van der Waals surface area contributed by atoms with Crippen molar-refractivity contribution in [1.82, 2.24) is 14.6 Å². The number of hydrogen-bond donors (Lipinski definition) is 0. The van der Waals surface area contributed by atoms with Crippen LogP contribution < -0.4 is 13.9 Å². The predicted octanol–water partition coefficient (Wildman–Crippen LogP) is 3.04. The molecule has 0 N–H and O–H groups in total. The Labute approximate surface area is 126 Å². The second kappa shape index (κ2) is 5.49. The lowest BCUT2D eigenvalue weighted by molar-refractivity contribution is 0.355. The van der Waals surface area contributed by atoms with Crippen LogP contribution in [-0.4, -0.2) is 28.8 Å². The van der Waals surface area contributed by atoms with Crippen molar-refractivity contribution < 1.29 is 9.47 Å². The van der Waals surface area contributed by atoms with Crippen LogP contribution in [0.4, 0.5) is 11.6 Å². The van der Waals surface area contributed by atoms with E-state index >= 15 is 0 Å². The molecule has 0 amide bonds. The van der Waals surface area contributed by atoms with Crippen molar-refractivity contribution in [2.24, 2.45) is 0 Å².